The molecule has 0 saturated carbocycles. The van der Waals surface area contributed by atoms with Crippen molar-refractivity contribution in [3.05, 3.63) is 45.4 Å². The molecule has 3 heterocycles. The maximum atomic E-state index is 13.4. The summed E-state index contributed by atoms with van der Waals surface area (Å²) in [7, 11) is -0.0474. The second-order valence-corrected chi connectivity index (χ2v) is 10.9. The molecule has 4 rings (SSSR count). The van der Waals surface area contributed by atoms with Crippen molar-refractivity contribution in [2.45, 2.75) is 38.5 Å². The van der Waals surface area contributed by atoms with Crippen LogP contribution in [0.25, 0.3) is 16.9 Å². The van der Waals surface area contributed by atoms with Crippen LogP contribution in [0.4, 0.5) is 0 Å². The maximum absolute atomic E-state index is 13.4. The predicted octanol–water partition coefficient (Wildman–Crippen LogP) is 2.33. The summed E-state index contributed by atoms with van der Waals surface area (Å²) >= 11 is 0. The topological polar surface area (TPSA) is 112 Å². The van der Waals surface area contributed by atoms with Gasteiger partial charge in [-0.15, -0.1) is 5.10 Å². The Kier molecular flexibility index (Phi) is 7.62. The Balaban J connectivity index is 1.90. The molecule has 36 heavy (non-hydrogen) atoms. The van der Waals surface area contributed by atoms with Crippen LogP contribution in [0.1, 0.15) is 37.1 Å². The van der Waals surface area contributed by atoms with Crippen molar-refractivity contribution in [1.82, 2.24) is 23.8 Å². The number of likely N-dealkylation sites (N-methyl/N-ethyl adjacent to an activating group) is 1. The van der Waals surface area contributed by atoms with Crippen molar-refractivity contribution in [2.75, 3.05) is 46.9 Å². The highest BCUT2D eigenvalue weighted by Crippen LogP contribution is 2.32. The van der Waals surface area contributed by atoms with Crippen LogP contribution in [-0.4, -0.2) is 85.3 Å². The van der Waals surface area contributed by atoms with Crippen molar-refractivity contribution >= 4 is 21.8 Å². The number of aryl methyl sites for hydroxylation is 2. The van der Waals surface area contributed by atoms with Crippen molar-refractivity contribution in [3.63, 3.8) is 0 Å². The van der Waals surface area contributed by atoms with Crippen LogP contribution in [0.3, 0.4) is 0 Å². The van der Waals surface area contributed by atoms with Gasteiger partial charge in [-0.3, -0.25) is 9.79 Å². The molecule has 194 valence electrons. The number of nitrogens with zero attached hydrogens (tertiary/aromatic N) is 5. The van der Waals surface area contributed by atoms with Gasteiger partial charge in [-0.25, -0.2) is 12.9 Å². The molecule has 0 radical (unpaired) electrons. The number of hydrogen-bond donors (Lipinski definition) is 1. The van der Waals surface area contributed by atoms with Crippen LogP contribution in [-0.2, 0) is 16.4 Å². The minimum Gasteiger partial charge on any atom is -0.493 e. The summed E-state index contributed by atoms with van der Waals surface area (Å²) in [6.45, 7) is 8.37. The lowest BCUT2D eigenvalue weighted by molar-refractivity contribution is 0.222. The summed E-state index contributed by atoms with van der Waals surface area (Å²) in [6, 6.07) is 4.74. The van der Waals surface area contributed by atoms with Gasteiger partial charge in [0.25, 0.3) is 5.56 Å². The van der Waals surface area contributed by atoms with E-state index < -0.39 is 10.0 Å². The number of benzene rings is 1. The fourth-order valence-electron chi connectivity index (χ4n) is 4.63. The molecule has 1 aliphatic heterocycles. The van der Waals surface area contributed by atoms with Crippen LogP contribution in [0.5, 0.6) is 5.75 Å². The molecule has 1 fully saturated rings. The van der Waals surface area contributed by atoms with Gasteiger partial charge in [-0.2, -0.15) is 4.31 Å². The van der Waals surface area contributed by atoms with Gasteiger partial charge in [-0.05, 0) is 51.1 Å². The number of fused-ring (bicyclic) bond motifs is 1. The van der Waals surface area contributed by atoms with Gasteiger partial charge >= 0.3 is 0 Å². The molecule has 1 aliphatic rings. The van der Waals surface area contributed by atoms with Gasteiger partial charge in [0.15, 0.2) is 5.82 Å². The Morgan fingerprint density at radius 3 is 2.56 bits per heavy atom. The number of hydrogen-bond acceptors (Lipinski definition) is 7. The van der Waals surface area contributed by atoms with E-state index in [1.807, 2.05) is 20.9 Å². The molecule has 0 unspecified atom stereocenters. The van der Waals surface area contributed by atoms with Crippen LogP contribution >= 0.6 is 0 Å². The van der Waals surface area contributed by atoms with Gasteiger partial charge in [0.05, 0.1) is 22.8 Å². The fraction of sp³-hybridized carbons (Fsp3) is 0.480. The first kappa shape index (κ1) is 26.1. The summed E-state index contributed by atoms with van der Waals surface area (Å²) in [6.07, 6.45) is 3.33. The standard InChI is InChI=1S/C25H34N6O4S/c1-6-8-21-20(16-26-4)17(3)23-25(32)27-24(28-31(21)23)19-15-18(9-10-22(19)35-7-2)36(33,34)30-13-11-29(5)12-14-30/h9-10,15-16H,6-8,11-14H2,1-5H3,(H,27,28,32). The van der Waals surface area contributed by atoms with Gasteiger partial charge < -0.3 is 14.6 Å². The zero-order chi connectivity index (χ0) is 26.0. The van der Waals surface area contributed by atoms with E-state index in [1.54, 1.807) is 36.0 Å². The van der Waals surface area contributed by atoms with E-state index in [4.69, 9.17) is 9.84 Å². The lowest BCUT2D eigenvalue weighted by Crippen LogP contribution is -2.47. The summed E-state index contributed by atoms with van der Waals surface area (Å²) in [5.74, 6) is 0.701. The molecule has 0 spiro atoms. The number of nitrogens with one attached hydrogen (secondary N) is 1. The molecule has 0 amide bonds. The first-order valence-electron chi connectivity index (χ1n) is 12.2. The number of ether oxygens (including phenoxy) is 1. The van der Waals surface area contributed by atoms with E-state index in [0.717, 1.165) is 23.2 Å². The number of aliphatic imine (C=N–C) groups is 1. The number of aromatic nitrogens is 3. The Hall–Kier alpha value is -3.02. The van der Waals surface area contributed by atoms with Crippen LogP contribution in [0.2, 0.25) is 0 Å². The molecule has 1 aromatic carbocycles. The highest BCUT2D eigenvalue weighted by Gasteiger charge is 2.29. The third-order valence-electron chi connectivity index (χ3n) is 6.54. The van der Waals surface area contributed by atoms with Crippen LogP contribution in [0.15, 0.2) is 32.9 Å². The van der Waals surface area contributed by atoms with Crippen molar-refractivity contribution < 1.29 is 13.2 Å². The second kappa shape index (κ2) is 10.5. The molecule has 1 saturated heterocycles. The van der Waals surface area contributed by atoms with Crippen molar-refractivity contribution in [1.29, 1.82) is 0 Å². The Morgan fingerprint density at radius 1 is 1.19 bits per heavy atom. The average Bonchev–Trinajstić information content (AvgIpc) is 3.11. The zero-order valence-electron chi connectivity index (χ0n) is 21.5. The fourth-order valence-corrected chi connectivity index (χ4v) is 6.08. The minimum absolute atomic E-state index is 0.143. The van der Waals surface area contributed by atoms with E-state index in [9.17, 15) is 13.2 Å². The first-order chi connectivity index (χ1) is 17.2. The molecule has 1 N–H and O–H groups in total. The number of aromatic amines is 1. The molecular formula is C25H34N6O4S. The number of sulfonamides is 1. The summed E-state index contributed by atoms with van der Waals surface area (Å²) in [5, 5.41) is 4.78. The maximum Gasteiger partial charge on any atom is 0.275 e. The van der Waals surface area contributed by atoms with Crippen LogP contribution < -0.4 is 10.3 Å². The molecule has 11 heteroatoms. The van der Waals surface area contributed by atoms with E-state index in [1.165, 1.54) is 4.31 Å². The monoisotopic (exact) mass is 514 g/mol. The third kappa shape index (κ3) is 4.70. The quantitative estimate of drug-likeness (QED) is 0.462. The van der Waals surface area contributed by atoms with E-state index in [0.29, 0.717) is 56.0 Å². The molecular weight excluding hydrogens is 480 g/mol. The number of piperazine rings is 1. The second-order valence-electron chi connectivity index (χ2n) is 8.98. The van der Waals surface area contributed by atoms with Crippen LogP contribution in [0, 0.1) is 6.92 Å². The first-order valence-corrected chi connectivity index (χ1v) is 13.7. The molecule has 0 atom stereocenters. The molecule has 0 aliphatic carbocycles. The molecule has 2 aromatic heterocycles. The average molecular weight is 515 g/mol. The largest absolute Gasteiger partial charge is 0.493 e. The van der Waals surface area contributed by atoms with Crippen molar-refractivity contribution in [3.8, 4) is 17.1 Å². The van der Waals surface area contributed by atoms with E-state index in [2.05, 4.69) is 21.8 Å². The molecule has 0 bridgehead atoms. The predicted molar refractivity (Wildman–Crippen MR) is 141 cm³/mol. The van der Waals surface area contributed by atoms with Crippen molar-refractivity contribution in [2.24, 2.45) is 4.99 Å². The summed E-state index contributed by atoms with van der Waals surface area (Å²) in [4.78, 5) is 22.5. The van der Waals surface area contributed by atoms with Gasteiger partial charge in [0, 0.05) is 45.0 Å². The number of rotatable bonds is 8. The highest BCUT2D eigenvalue weighted by atomic mass is 32.2. The normalized spacial score (nSPS) is 15.8. The van der Waals surface area contributed by atoms with Gasteiger partial charge in [0.2, 0.25) is 10.0 Å². The SMILES string of the molecule is CCCc1c(C=NC)c(C)c2c(=O)[nH]c(-c3cc(S(=O)(=O)N4CCN(C)CC4)ccc3OCC)nn12. The zero-order valence-corrected chi connectivity index (χ0v) is 22.4. The van der Waals surface area contributed by atoms with E-state index >= 15 is 0 Å². The lowest BCUT2D eigenvalue weighted by atomic mass is 10.1. The Bertz CT molecular complexity index is 1450. The summed E-state index contributed by atoms with van der Waals surface area (Å²) in [5.41, 5.74) is 3.15. The molecule has 3 aromatic rings. The highest BCUT2D eigenvalue weighted by molar-refractivity contribution is 7.89. The number of H-pyrrole nitrogens is 1. The minimum atomic E-state index is -3.72. The van der Waals surface area contributed by atoms with Gasteiger partial charge in [0.1, 0.15) is 11.3 Å². The smallest absolute Gasteiger partial charge is 0.275 e. The third-order valence-corrected chi connectivity index (χ3v) is 8.43. The molecule has 10 nitrogen and oxygen atoms in total. The summed E-state index contributed by atoms with van der Waals surface area (Å²) < 4.78 is 35.9. The lowest BCUT2D eigenvalue weighted by Gasteiger charge is -2.31. The Labute approximate surface area is 211 Å². The van der Waals surface area contributed by atoms with E-state index in [-0.39, 0.29) is 16.3 Å². The van der Waals surface area contributed by atoms with Gasteiger partial charge in [-0.1, -0.05) is 13.3 Å². The Morgan fingerprint density at radius 2 is 1.92 bits per heavy atom.